The van der Waals surface area contributed by atoms with Crippen LogP contribution in [0.4, 0.5) is 0 Å². The first-order valence-electron chi connectivity index (χ1n) is 6.10. The lowest BCUT2D eigenvalue weighted by Gasteiger charge is -2.37. The molecule has 1 atom stereocenters. The molecule has 3 nitrogen and oxygen atoms in total. The zero-order chi connectivity index (χ0) is 13.9. The highest BCUT2D eigenvalue weighted by atomic mass is 28.4. The van der Waals surface area contributed by atoms with E-state index < -0.39 is 8.32 Å². The molecular weight excluding hydrogens is 232 g/mol. The van der Waals surface area contributed by atoms with Crippen LogP contribution in [-0.4, -0.2) is 25.2 Å². The molecule has 0 aromatic carbocycles. The summed E-state index contributed by atoms with van der Waals surface area (Å²) in [6.45, 7) is 15.1. The van der Waals surface area contributed by atoms with Crippen LogP contribution in [0.3, 0.4) is 0 Å². The van der Waals surface area contributed by atoms with E-state index in [1.165, 1.54) is 0 Å². The van der Waals surface area contributed by atoms with Gasteiger partial charge in [0.05, 0.1) is 0 Å². The average molecular weight is 258 g/mol. The average Bonchev–Trinajstić information content (AvgIpc) is 2.14. The predicted octanol–water partition coefficient (Wildman–Crippen LogP) is 3.25. The number of hydrogen-bond donors (Lipinski definition) is 1. The van der Waals surface area contributed by atoms with E-state index in [9.17, 15) is 9.59 Å². The van der Waals surface area contributed by atoms with Crippen LogP contribution in [0.25, 0.3) is 0 Å². The summed E-state index contributed by atoms with van der Waals surface area (Å²) in [6.07, 6.45) is 1.30. The molecule has 0 fully saturated rings. The molecule has 1 unspecified atom stereocenters. The van der Waals surface area contributed by atoms with Crippen LogP contribution in [0.1, 0.15) is 40.5 Å². The molecule has 0 saturated carbocycles. The van der Waals surface area contributed by atoms with E-state index in [-0.39, 0.29) is 17.1 Å². The first kappa shape index (κ1) is 16.4. The topological polar surface area (TPSA) is 46.5 Å². The van der Waals surface area contributed by atoms with Crippen LogP contribution in [-0.2, 0) is 9.53 Å². The molecule has 0 aliphatic heterocycles. The SMILES string of the molecule is C=C(C)C(=O)OC(CC)CC(C)(C)[Si](C)(C)O. The lowest BCUT2D eigenvalue weighted by molar-refractivity contribution is -0.145. The van der Waals surface area contributed by atoms with Gasteiger partial charge in [-0.25, -0.2) is 4.79 Å². The Morgan fingerprint density at radius 2 is 1.94 bits per heavy atom. The lowest BCUT2D eigenvalue weighted by Crippen LogP contribution is -2.41. The minimum absolute atomic E-state index is 0.145. The van der Waals surface area contributed by atoms with E-state index in [0.29, 0.717) is 12.0 Å². The fraction of sp³-hybridized carbons (Fsp3) is 0.769. The zero-order valence-corrected chi connectivity index (χ0v) is 13.0. The molecule has 0 bridgehead atoms. The van der Waals surface area contributed by atoms with E-state index in [2.05, 4.69) is 6.58 Å². The summed E-state index contributed by atoms with van der Waals surface area (Å²) in [6, 6.07) is 0. The van der Waals surface area contributed by atoms with Gasteiger partial charge in [-0.3, -0.25) is 0 Å². The number of rotatable bonds is 6. The molecule has 0 amide bonds. The molecule has 17 heavy (non-hydrogen) atoms. The van der Waals surface area contributed by atoms with Crippen molar-refractivity contribution in [2.24, 2.45) is 0 Å². The highest BCUT2D eigenvalue weighted by Gasteiger charge is 2.40. The van der Waals surface area contributed by atoms with Gasteiger partial charge >= 0.3 is 5.97 Å². The Labute approximate surface area is 106 Å². The van der Waals surface area contributed by atoms with E-state index in [1.54, 1.807) is 6.92 Å². The molecule has 100 valence electrons. The van der Waals surface area contributed by atoms with Gasteiger partial charge in [0, 0.05) is 5.57 Å². The normalized spacial score (nSPS) is 14.3. The Hall–Kier alpha value is -0.613. The quantitative estimate of drug-likeness (QED) is 0.452. The zero-order valence-electron chi connectivity index (χ0n) is 12.0. The standard InChI is InChI=1S/C13H26O3Si/c1-8-11(16-12(14)10(2)3)9-13(4,5)17(6,7)15/h11,15H,2,8-9H2,1,3-7H3. The fourth-order valence-corrected chi connectivity index (χ4v) is 2.07. The lowest BCUT2D eigenvalue weighted by atomic mass is 10.0. The Morgan fingerprint density at radius 3 is 2.24 bits per heavy atom. The molecule has 0 aliphatic carbocycles. The Morgan fingerprint density at radius 1 is 1.47 bits per heavy atom. The fourth-order valence-electron chi connectivity index (χ4n) is 1.34. The molecule has 4 heteroatoms. The van der Waals surface area contributed by atoms with Crippen molar-refractivity contribution in [1.82, 2.24) is 0 Å². The Bertz CT molecular complexity index is 290. The van der Waals surface area contributed by atoms with Gasteiger partial charge in [-0.2, -0.15) is 0 Å². The van der Waals surface area contributed by atoms with Crippen molar-refractivity contribution in [1.29, 1.82) is 0 Å². The van der Waals surface area contributed by atoms with E-state index in [0.717, 1.165) is 6.42 Å². The first-order chi connectivity index (χ1) is 7.51. The highest BCUT2D eigenvalue weighted by molar-refractivity contribution is 6.72. The molecule has 0 aromatic rings. The Kier molecular flexibility index (Phi) is 5.61. The minimum atomic E-state index is -2.26. The van der Waals surface area contributed by atoms with Crippen LogP contribution in [0.15, 0.2) is 12.2 Å². The molecule has 0 aliphatic rings. The summed E-state index contributed by atoms with van der Waals surface area (Å²) in [5, 5.41) is -0.178. The van der Waals surface area contributed by atoms with Crippen LogP contribution < -0.4 is 0 Å². The van der Waals surface area contributed by atoms with Crippen molar-refractivity contribution in [3.05, 3.63) is 12.2 Å². The van der Waals surface area contributed by atoms with Crippen molar-refractivity contribution in [3.63, 3.8) is 0 Å². The third-order valence-electron chi connectivity index (χ3n) is 3.47. The van der Waals surface area contributed by atoms with Gasteiger partial charge in [-0.15, -0.1) is 0 Å². The first-order valence-corrected chi connectivity index (χ1v) is 9.05. The third-order valence-corrected chi connectivity index (χ3v) is 6.99. The summed E-state index contributed by atoms with van der Waals surface area (Å²) >= 11 is 0. The van der Waals surface area contributed by atoms with Gasteiger partial charge in [-0.05, 0) is 37.9 Å². The van der Waals surface area contributed by atoms with E-state index in [4.69, 9.17) is 4.74 Å². The van der Waals surface area contributed by atoms with Crippen molar-refractivity contribution in [2.45, 2.75) is 64.8 Å². The molecule has 0 heterocycles. The smallest absolute Gasteiger partial charge is 0.333 e. The number of esters is 1. The van der Waals surface area contributed by atoms with Crippen LogP contribution in [0.5, 0.6) is 0 Å². The van der Waals surface area contributed by atoms with Crippen LogP contribution in [0, 0.1) is 0 Å². The second kappa shape index (κ2) is 5.82. The van der Waals surface area contributed by atoms with Crippen molar-refractivity contribution in [3.8, 4) is 0 Å². The molecule has 1 N–H and O–H groups in total. The second-order valence-corrected chi connectivity index (χ2v) is 10.3. The van der Waals surface area contributed by atoms with Crippen LogP contribution >= 0.6 is 0 Å². The number of ether oxygens (including phenoxy) is 1. The Balaban J connectivity index is 4.62. The second-order valence-electron chi connectivity index (χ2n) is 5.86. The van der Waals surface area contributed by atoms with Gasteiger partial charge in [0.15, 0.2) is 8.32 Å². The van der Waals surface area contributed by atoms with Crippen LogP contribution in [0.2, 0.25) is 18.1 Å². The third kappa shape index (κ3) is 5.04. The molecule has 0 spiro atoms. The van der Waals surface area contributed by atoms with Gasteiger partial charge in [-0.1, -0.05) is 27.4 Å². The van der Waals surface area contributed by atoms with Crippen molar-refractivity contribution < 1.29 is 14.3 Å². The maximum atomic E-state index is 11.5. The molecule has 0 rings (SSSR count). The summed E-state index contributed by atoms with van der Waals surface area (Å²) < 4.78 is 5.36. The van der Waals surface area contributed by atoms with Gasteiger partial charge in [0.2, 0.25) is 0 Å². The predicted molar refractivity (Wildman–Crippen MR) is 73.3 cm³/mol. The molecular formula is C13H26O3Si. The number of carbonyl (C=O) groups excluding carboxylic acids is 1. The molecule has 0 aromatic heterocycles. The summed E-state index contributed by atoms with van der Waals surface area (Å²) in [5.41, 5.74) is 0.418. The van der Waals surface area contributed by atoms with Gasteiger partial charge in [0.25, 0.3) is 0 Å². The number of carbonyl (C=O) groups is 1. The molecule has 0 radical (unpaired) electrons. The van der Waals surface area contributed by atoms with E-state index in [1.807, 2.05) is 33.9 Å². The molecule has 0 saturated heterocycles. The summed E-state index contributed by atoms with van der Waals surface area (Å²) in [7, 11) is -2.26. The highest BCUT2D eigenvalue weighted by Crippen LogP contribution is 2.40. The summed E-state index contributed by atoms with van der Waals surface area (Å²) in [4.78, 5) is 21.7. The monoisotopic (exact) mass is 258 g/mol. The number of hydrogen-bond acceptors (Lipinski definition) is 3. The maximum Gasteiger partial charge on any atom is 0.333 e. The van der Waals surface area contributed by atoms with E-state index >= 15 is 0 Å². The largest absolute Gasteiger partial charge is 0.459 e. The minimum Gasteiger partial charge on any atom is -0.459 e. The van der Waals surface area contributed by atoms with Gasteiger partial charge in [0.1, 0.15) is 6.10 Å². The van der Waals surface area contributed by atoms with Crippen molar-refractivity contribution >= 4 is 14.3 Å². The van der Waals surface area contributed by atoms with Gasteiger partial charge < -0.3 is 9.53 Å². The maximum absolute atomic E-state index is 11.5. The van der Waals surface area contributed by atoms with Crippen molar-refractivity contribution in [2.75, 3.05) is 0 Å². The summed E-state index contributed by atoms with van der Waals surface area (Å²) in [5.74, 6) is -0.343.